The van der Waals surface area contributed by atoms with Crippen molar-refractivity contribution in [3.63, 3.8) is 0 Å². The van der Waals surface area contributed by atoms with Gasteiger partial charge in [-0.25, -0.2) is 4.98 Å². The van der Waals surface area contributed by atoms with E-state index in [-0.39, 0.29) is 6.10 Å². The molecule has 0 spiro atoms. The van der Waals surface area contributed by atoms with Gasteiger partial charge in [0.15, 0.2) is 5.96 Å². The van der Waals surface area contributed by atoms with E-state index in [1.165, 1.54) is 5.56 Å². The summed E-state index contributed by atoms with van der Waals surface area (Å²) < 4.78 is 5.37. The molecule has 0 fully saturated rings. The zero-order chi connectivity index (χ0) is 20.8. The van der Waals surface area contributed by atoms with Gasteiger partial charge in [-0.1, -0.05) is 0 Å². The molecule has 3 heterocycles. The molecule has 0 aliphatic carbocycles. The van der Waals surface area contributed by atoms with E-state index in [4.69, 9.17) is 14.7 Å². The molecule has 29 heavy (non-hydrogen) atoms. The number of aromatic nitrogens is 1. The van der Waals surface area contributed by atoms with Crippen LogP contribution in [0.5, 0.6) is 0 Å². The molecule has 0 radical (unpaired) electrons. The molecule has 0 amide bonds. The van der Waals surface area contributed by atoms with Crippen molar-refractivity contribution in [2.24, 2.45) is 4.99 Å². The number of thiophene rings is 1. The van der Waals surface area contributed by atoms with Crippen molar-refractivity contribution in [3.8, 4) is 0 Å². The van der Waals surface area contributed by atoms with Crippen molar-refractivity contribution in [2.45, 2.75) is 52.4 Å². The lowest BCUT2D eigenvalue weighted by molar-refractivity contribution is 0.119. The van der Waals surface area contributed by atoms with Crippen molar-refractivity contribution >= 4 is 28.6 Å². The minimum absolute atomic E-state index is 0.0371. The smallest absolute Gasteiger partial charge is 0.194 e. The lowest BCUT2D eigenvalue weighted by Gasteiger charge is -2.32. The zero-order valence-electron chi connectivity index (χ0n) is 18.1. The average Bonchev–Trinajstić information content (AvgIpc) is 3.38. The van der Waals surface area contributed by atoms with E-state index < -0.39 is 0 Å². The molecule has 1 N–H and O–H groups in total. The summed E-state index contributed by atoms with van der Waals surface area (Å²) in [5.74, 6) is 0.932. The van der Waals surface area contributed by atoms with E-state index in [1.54, 1.807) is 23.3 Å². The normalized spacial score (nSPS) is 17.1. The van der Waals surface area contributed by atoms with E-state index in [0.717, 1.165) is 55.8 Å². The highest BCUT2D eigenvalue weighted by molar-refractivity contribution is 7.10. The van der Waals surface area contributed by atoms with Crippen LogP contribution in [-0.2, 0) is 24.2 Å². The summed E-state index contributed by atoms with van der Waals surface area (Å²) in [6, 6.07) is 2.69. The Morgan fingerprint density at radius 1 is 1.41 bits per heavy atom. The quantitative estimate of drug-likeness (QED) is 0.505. The van der Waals surface area contributed by atoms with Crippen LogP contribution in [0.3, 0.4) is 0 Å². The third-order valence-electron chi connectivity index (χ3n) is 5.33. The number of fused-ring (bicyclic) bond motifs is 1. The Bertz CT molecular complexity index is 803. The molecule has 2 atom stereocenters. The van der Waals surface area contributed by atoms with Gasteiger partial charge < -0.3 is 15.0 Å². The van der Waals surface area contributed by atoms with Crippen LogP contribution in [0.4, 0.5) is 0 Å². The number of aliphatic imine (C=N–C) groups is 1. The topological polar surface area (TPSA) is 53.0 Å². The second-order valence-corrected chi connectivity index (χ2v) is 9.43. The van der Waals surface area contributed by atoms with Gasteiger partial charge in [-0.15, -0.1) is 22.7 Å². The molecule has 0 aromatic carbocycles. The summed E-state index contributed by atoms with van der Waals surface area (Å²) in [6.07, 6.45) is 1.20. The molecule has 8 heteroatoms. The van der Waals surface area contributed by atoms with Gasteiger partial charge in [-0.2, -0.15) is 0 Å². The fourth-order valence-corrected chi connectivity index (χ4v) is 5.18. The Kier molecular flexibility index (Phi) is 8.06. The van der Waals surface area contributed by atoms with Gasteiger partial charge in [-0.3, -0.25) is 9.89 Å². The highest BCUT2D eigenvalue weighted by atomic mass is 32.1. The van der Waals surface area contributed by atoms with Crippen LogP contribution in [0.25, 0.3) is 0 Å². The molecule has 2 aromatic rings. The molecule has 2 aromatic heterocycles. The van der Waals surface area contributed by atoms with Crippen LogP contribution < -0.4 is 5.32 Å². The predicted octanol–water partition coefficient (Wildman–Crippen LogP) is 3.76. The Balaban J connectivity index is 1.59. The van der Waals surface area contributed by atoms with E-state index in [2.05, 4.69) is 52.8 Å². The number of thiazole rings is 1. The third kappa shape index (κ3) is 5.78. The number of rotatable bonds is 8. The van der Waals surface area contributed by atoms with Gasteiger partial charge in [0.25, 0.3) is 0 Å². The lowest BCUT2D eigenvalue weighted by atomic mass is 10.1. The van der Waals surface area contributed by atoms with Crippen molar-refractivity contribution < 1.29 is 4.74 Å². The molecular formula is C21H33N5OS2. The molecule has 3 rings (SSSR count). The number of nitrogens with one attached hydrogen (secondary N) is 1. The maximum absolute atomic E-state index is 5.37. The maximum Gasteiger partial charge on any atom is 0.194 e. The van der Waals surface area contributed by atoms with Gasteiger partial charge in [0.1, 0.15) is 11.1 Å². The van der Waals surface area contributed by atoms with E-state index >= 15 is 0 Å². The number of ether oxygens (including phenoxy) is 1. The van der Waals surface area contributed by atoms with Crippen LogP contribution in [0.15, 0.2) is 21.8 Å². The molecule has 2 unspecified atom stereocenters. The second kappa shape index (κ2) is 10.5. The summed E-state index contributed by atoms with van der Waals surface area (Å²) in [6.45, 7) is 10.9. The highest BCUT2D eigenvalue weighted by Gasteiger charge is 2.21. The Morgan fingerprint density at radius 2 is 2.24 bits per heavy atom. The Morgan fingerprint density at radius 3 is 3.00 bits per heavy atom. The standard InChI is InChI=1S/C21H33N5OS2/c1-6-22-21(25(4)13-18-14-29-20(24-18)16(3)27-5)23-11-15(2)26-9-7-19-17(12-26)8-10-28-19/h8,10,14-16H,6-7,9,11-13H2,1-5H3,(H,22,23). The minimum atomic E-state index is 0.0371. The second-order valence-electron chi connectivity index (χ2n) is 7.54. The Labute approximate surface area is 182 Å². The Hall–Kier alpha value is -1.48. The van der Waals surface area contributed by atoms with Gasteiger partial charge >= 0.3 is 0 Å². The summed E-state index contributed by atoms with van der Waals surface area (Å²) in [4.78, 5) is 15.9. The molecule has 0 saturated carbocycles. The summed E-state index contributed by atoms with van der Waals surface area (Å²) in [5.41, 5.74) is 2.54. The molecule has 6 nitrogen and oxygen atoms in total. The summed E-state index contributed by atoms with van der Waals surface area (Å²) in [7, 11) is 3.79. The van der Waals surface area contributed by atoms with Crippen molar-refractivity contribution in [2.75, 3.05) is 33.8 Å². The predicted molar refractivity (Wildman–Crippen MR) is 123 cm³/mol. The van der Waals surface area contributed by atoms with Crippen molar-refractivity contribution in [1.29, 1.82) is 0 Å². The van der Waals surface area contributed by atoms with Gasteiger partial charge in [-0.05, 0) is 44.2 Å². The summed E-state index contributed by atoms with van der Waals surface area (Å²) >= 11 is 3.54. The van der Waals surface area contributed by atoms with E-state index in [0.29, 0.717) is 6.04 Å². The van der Waals surface area contributed by atoms with Crippen molar-refractivity contribution in [1.82, 2.24) is 20.1 Å². The number of methoxy groups -OCH3 is 1. The molecule has 0 saturated heterocycles. The average molecular weight is 436 g/mol. The van der Waals surface area contributed by atoms with Crippen LogP contribution in [0, 0.1) is 0 Å². The van der Waals surface area contributed by atoms with E-state index in [1.807, 2.05) is 18.3 Å². The van der Waals surface area contributed by atoms with E-state index in [9.17, 15) is 0 Å². The summed E-state index contributed by atoms with van der Waals surface area (Å²) in [5, 5.41) is 8.77. The molecular weight excluding hydrogens is 402 g/mol. The molecule has 1 aliphatic rings. The van der Waals surface area contributed by atoms with Crippen LogP contribution in [0.2, 0.25) is 0 Å². The fourth-order valence-electron chi connectivity index (χ4n) is 3.45. The number of guanidine groups is 1. The first-order valence-electron chi connectivity index (χ1n) is 10.3. The lowest BCUT2D eigenvalue weighted by Crippen LogP contribution is -2.42. The minimum Gasteiger partial charge on any atom is -0.375 e. The number of hydrogen-bond acceptors (Lipinski definition) is 6. The highest BCUT2D eigenvalue weighted by Crippen LogP contribution is 2.25. The fraction of sp³-hybridized carbons (Fsp3) is 0.619. The van der Waals surface area contributed by atoms with Gasteiger partial charge in [0.05, 0.1) is 18.8 Å². The van der Waals surface area contributed by atoms with Gasteiger partial charge in [0, 0.05) is 50.1 Å². The third-order valence-corrected chi connectivity index (χ3v) is 7.41. The molecule has 1 aliphatic heterocycles. The van der Waals surface area contributed by atoms with Gasteiger partial charge in [0.2, 0.25) is 0 Å². The van der Waals surface area contributed by atoms with Crippen LogP contribution >= 0.6 is 22.7 Å². The largest absolute Gasteiger partial charge is 0.375 e. The van der Waals surface area contributed by atoms with Crippen LogP contribution in [0.1, 0.15) is 48.0 Å². The van der Waals surface area contributed by atoms with Crippen molar-refractivity contribution in [3.05, 3.63) is 38.0 Å². The molecule has 0 bridgehead atoms. The monoisotopic (exact) mass is 435 g/mol. The first kappa shape index (κ1) is 22.2. The van der Waals surface area contributed by atoms with Crippen LogP contribution in [-0.4, -0.2) is 60.6 Å². The SMILES string of the molecule is CCNC(=NCC(C)N1CCc2sccc2C1)N(C)Cc1csc(C(C)OC)n1. The zero-order valence-corrected chi connectivity index (χ0v) is 19.8. The number of nitrogens with zero attached hydrogens (tertiary/aromatic N) is 4. The maximum atomic E-state index is 5.37. The molecule has 160 valence electrons. The number of hydrogen-bond donors (Lipinski definition) is 1. The first-order valence-corrected chi connectivity index (χ1v) is 12.0. The first-order chi connectivity index (χ1) is 14.0.